The van der Waals surface area contributed by atoms with Crippen molar-refractivity contribution < 1.29 is 64.2 Å². The van der Waals surface area contributed by atoms with Gasteiger partial charge < -0.3 is 64.2 Å². The van der Waals surface area contributed by atoms with Crippen LogP contribution in [0.5, 0.6) is 17.2 Å². The maximum absolute atomic E-state index is 13.2. The third-order valence-electron chi connectivity index (χ3n) is 6.93. The minimum absolute atomic E-state index is 0.0583. The van der Waals surface area contributed by atoms with E-state index in [4.69, 9.17) is 23.4 Å². The number of hydrogen-bond donors (Lipinski definition) is 8. The van der Waals surface area contributed by atoms with Crippen LogP contribution in [-0.2, 0) is 9.47 Å². The first-order valence-electron chi connectivity index (χ1n) is 12.2. The van der Waals surface area contributed by atoms with Gasteiger partial charge in [0, 0.05) is 12.1 Å². The van der Waals surface area contributed by atoms with Gasteiger partial charge in [0.1, 0.15) is 70.6 Å². The Labute approximate surface area is 225 Å². The zero-order valence-electron chi connectivity index (χ0n) is 20.7. The fourth-order valence-electron chi connectivity index (χ4n) is 4.52. The summed E-state index contributed by atoms with van der Waals surface area (Å²) in [6.45, 7) is -1.68. The average molecular weight is 564 g/mol. The predicted octanol–water partition coefficient (Wildman–Crippen LogP) is -1.84. The van der Waals surface area contributed by atoms with E-state index in [0.29, 0.717) is 5.56 Å². The molecule has 0 saturated carbocycles. The summed E-state index contributed by atoms with van der Waals surface area (Å²) in [7, 11) is 0. The standard InChI is InChI=1S/C26H28O14/c27-7-17-20(31)21(32)22(33)24(40-17)39-13-5-15(29)18-16(6-13)36-8-14(19(18)30)11-1-3-12(4-2-11)38-25-23(34)26(35,9-28)10-37-25/h1-6,8,17,20-25,27-29,31-35H,7,9-10H2. The number of phenols is 1. The number of rotatable bonds is 7. The van der Waals surface area contributed by atoms with Crippen LogP contribution >= 0.6 is 0 Å². The first kappa shape index (κ1) is 28.2. The molecule has 8 atom stereocenters. The molecule has 3 heterocycles. The van der Waals surface area contributed by atoms with Gasteiger partial charge in [0.15, 0.2) is 0 Å². The van der Waals surface area contributed by atoms with Gasteiger partial charge in [-0.05, 0) is 17.7 Å². The first-order chi connectivity index (χ1) is 19.1. The lowest BCUT2D eigenvalue weighted by Crippen LogP contribution is -2.60. The van der Waals surface area contributed by atoms with Crippen molar-refractivity contribution in [3.05, 3.63) is 52.9 Å². The molecule has 2 saturated heterocycles. The summed E-state index contributed by atoms with van der Waals surface area (Å²) in [6.07, 6.45) is -9.16. The summed E-state index contributed by atoms with van der Waals surface area (Å²) in [5.74, 6) is -0.342. The molecule has 0 aliphatic carbocycles. The van der Waals surface area contributed by atoms with Crippen LogP contribution in [0.2, 0.25) is 0 Å². The molecule has 5 rings (SSSR count). The maximum Gasteiger partial charge on any atom is 0.229 e. The van der Waals surface area contributed by atoms with E-state index >= 15 is 0 Å². The van der Waals surface area contributed by atoms with Gasteiger partial charge in [-0.25, -0.2) is 0 Å². The second-order valence-corrected chi connectivity index (χ2v) is 9.64. The smallest absolute Gasteiger partial charge is 0.229 e. The topological polar surface area (TPSA) is 229 Å². The van der Waals surface area contributed by atoms with Crippen molar-refractivity contribution in [2.24, 2.45) is 0 Å². The Morgan fingerprint density at radius 2 is 1.62 bits per heavy atom. The molecular formula is C26H28O14. The fraction of sp³-hybridized carbons (Fsp3) is 0.423. The molecule has 216 valence electrons. The van der Waals surface area contributed by atoms with Crippen LogP contribution in [0.25, 0.3) is 22.1 Å². The van der Waals surface area contributed by atoms with E-state index in [1.165, 1.54) is 36.6 Å². The molecule has 0 bridgehead atoms. The molecule has 14 nitrogen and oxygen atoms in total. The summed E-state index contributed by atoms with van der Waals surface area (Å²) in [6, 6.07) is 8.38. The van der Waals surface area contributed by atoms with Crippen molar-refractivity contribution in [3.8, 4) is 28.4 Å². The molecule has 8 unspecified atom stereocenters. The molecule has 2 aromatic carbocycles. The van der Waals surface area contributed by atoms with Gasteiger partial charge in [0.25, 0.3) is 0 Å². The van der Waals surface area contributed by atoms with Crippen molar-refractivity contribution in [3.63, 3.8) is 0 Å². The van der Waals surface area contributed by atoms with Gasteiger partial charge in [-0.15, -0.1) is 0 Å². The van der Waals surface area contributed by atoms with Gasteiger partial charge in [-0.2, -0.15) is 0 Å². The molecule has 3 aromatic rings. The largest absolute Gasteiger partial charge is 0.507 e. The van der Waals surface area contributed by atoms with Gasteiger partial charge in [0.2, 0.25) is 18.0 Å². The molecule has 14 heteroatoms. The van der Waals surface area contributed by atoms with E-state index in [1.54, 1.807) is 0 Å². The van der Waals surface area contributed by atoms with Crippen LogP contribution in [0.15, 0.2) is 51.9 Å². The number of phenolic OH excluding ortho intramolecular Hbond substituents is 1. The number of ether oxygens (including phenoxy) is 4. The van der Waals surface area contributed by atoms with Crippen molar-refractivity contribution >= 4 is 11.0 Å². The first-order valence-corrected chi connectivity index (χ1v) is 12.2. The summed E-state index contributed by atoms with van der Waals surface area (Å²) < 4.78 is 27.1. The molecule has 1 aromatic heterocycles. The Morgan fingerprint density at radius 3 is 2.27 bits per heavy atom. The Hall–Kier alpha value is -3.31. The SMILES string of the molecule is O=c1c(-c2ccc(OC3OCC(O)(CO)C3O)cc2)coc2cc(OC3OC(CO)C(O)C(O)C3O)cc(O)c12. The number of aliphatic hydroxyl groups excluding tert-OH is 6. The summed E-state index contributed by atoms with van der Waals surface area (Å²) in [5, 5.41) is 79.3. The molecule has 0 amide bonds. The van der Waals surface area contributed by atoms with E-state index in [2.05, 4.69) is 0 Å². The third kappa shape index (κ3) is 5.01. The summed E-state index contributed by atoms with van der Waals surface area (Å²) >= 11 is 0. The van der Waals surface area contributed by atoms with Gasteiger partial charge in [-0.3, -0.25) is 4.79 Å². The number of aliphatic hydroxyl groups is 7. The highest BCUT2D eigenvalue weighted by atomic mass is 16.7. The Balaban J connectivity index is 1.35. The molecule has 0 spiro atoms. The Morgan fingerprint density at radius 1 is 0.925 bits per heavy atom. The van der Waals surface area contributed by atoms with Crippen LogP contribution in [0.3, 0.4) is 0 Å². The summed E-state index contributed by atoms with van der Waals surface area (Å²) in [4.78, 5) is 13.2. The lowest BCUT2D eigenvalue weighted by atomic mass is 9.99. The lowest BCUT2D eigenvalue weighted by molar-refractivity contribution is -0.277. The minimum atomic E-state index is -1.84. The van der Waals surface area contributed by atoms with Crippen molar-refractivity contribution in [1.82, 2.24) is 0 Å². The zero-order valence-corrected chi connectivity index (χ0v) is 20.7. The van der Waals surface area contributed by atoms with E-state index in [0.717, 1.165) is 6.07 Å². The van der Waals surface area contributed by atoms with Crippen LogP contribution in [0.4, 0.5) is 0 Å². The van der Waals surface area contributed by atoms with Crippen LogP contribution in [0, 0.1) is 0 Å². The minimum Gasteiger partial charge on any atom is -0.507 e. The Kier molecular flexibility index (Phi) is 7.71. The second-order valence-electron chi connectivity index (χ2n) is 9.64. The molecule has 2 fully saturated rings. The van der Waals surface area contributed by atoms with Crippen LogP contribution < -0.4 is 14.9 Å². The third-order valence-corrected chi connectivity index (χ3v) is 6.93. The van der Waals surface area contributed by atoms with Crippen LogP contribution in [-0.4, -0.2) is 109 Å². The van der Waals surface area contributed by atoms with Crippen molar-refractivity contribution in [2.75, 3.05) is 19.8 Å². The predicted molar refractivity (Wildman–Crippen MR) is 132 cm³/mol. The quantitative estimate of drug-likeness (QED) is 0.158. The highest BCUT2D eigenvalue weighted by Gasteiger charge is 2.49. The summed E-state index contributed by atoms with van der Waals surface area (Å²) in [5.41, 5.74) is -1.96. The maximum atomic E-state index is 13.2. The van der Waals surface area contributed by atoms with Crippen molar-refractivity contribution in [2.45, 2.75) is 48.7 Å². The molecular weight excluding hydrogens is 536 g/mol. The average Bonchev–Trinajstić information content (AvgIpc) is 3.23. The van der Waals surface area contributed by atoms with Gasteiger partial charge in [0.05, 0.1) is 25.4 Å². The molecule has 8 N–H and O–H groups in total. The molecule has 40 heavy (non-hydrogen) atoms. The van der Waals surface area contributed by atoms with E-state index in [-0.39, 0.29) is 34.6 Å². The number of hydrogen-bond acceptors (Lipinski definition) is 14. The van der Waals surface area contributed by atoms with Crippen molar-refractivity contribution in [1.29, 1.82) is 0 Å². The normalized spacial score (nSPS) is 32.3. The highest BCUT2D eigenvalue weighted by Crippen LogP contribution is 2.33. The monoisotopic (exact) mass is 564 g/mol. The van der Waals surface area contributed by atoms with E-state index in [9.17, 15) is 45.6 Å². The van der Waals surface area contributed by atoms with E-state index < -0.39 is 73.1 Å². The molecule has 2 aliphatic heterocycles. The molecule has 2 aliphatic rings. The number of aromatic hydroxyl groups is 1. The van der Waals surface area contributed by atoms with Gasteiger partial charge in [-0.1, -0.05) is 12.1 Å². The second kappa shape index (κ2) is 10.9. The van der Waals surface area contributed by atoms with Gasteiger partial charge >= 0.3 is 0 Å². The zero-order chi connectivity index (χ0) is 28.8. The number of fused-ring (bicyclic) bond motifs is 1. The lowest BCUT2D eigenvalue weighted by Gasteiger charge is -2.39. The van der Waals surface area contributed by atoms with Crippen LogP contribution in [0.1, 0.15) is 0 Å². The highest BCUT2D eigenvalue weighted by molar-refractivity contribution is 5.88. The van der Waals surface area contributed by atoms with E-state index in [1.807, 2.05) is 0 Å². The number of benzene rings is 2. The Bertz CT molecular complexity index is 1410. The fourth-order valence-corrected chi connectivity index (χ4v) is 4.52. The molecule has 0 radical (unpaired) electrons.